The Morgan fingerprint density at radius 2 is 1.83 bits per heavy atom. The summed E-state index contributed by atoms with van der Waals surface area (Å²) in [7, 11) is 2.86. The maximum Gasteiger partial charge on any atom is 0.322 e. The number of benzene rings is 1. The molecule has 23 heavy (non-hydrogen) atoms. The molecule has 0 saturated carbocycles. The minimum Gasteiger partial charge on any atom is -0.467 e. The molecule has 0 bridgehead atoms. The molecule has 8 nitrogen and oxygen atoms in total. The number of hydrogen-bond donors (Lipinski definition) is 2. The second-order valence-corrected chi connectivity index (χ2v) is 4.92. The van der Waals surface area contributed by atoms with Crippen molar-refractivity contribution < 1.29 is 14.3 Å². The van der Waals surface area contributed by atoms with Crippen molar-refractivity contribution in [3.63, 3.8) is 0 Å². The number of anilines is 1. The molecule has 0 aliphatic rings. The molecular weight excluding hydrogens is 322 g/mol. The lowest BCUT2D eigenvalue weighted by Gasteiger charge is -2.09. The van der Waals surface area contributed by atoms with Crippen LogP contribution in [0.25, 0.3) is 0 Å². The van der Waals surface area contributed by atoms with Gasteiger partial charge in [-0.05, 0) is 24.6 Å². The quantitative estimate of drug-likeness (QED) is 0.867. The molecule has 0 fully saturated rings. The summed E-state index contributed by atoms with van der Waals surface area (Å²) >= 11 is 6.06. The van der Waals surface area contributed by atoms with Gasteiger partial charge in [0.2, 0.25) is 0 Å². The summed E-state index contributed by atoms with van der Waals surface area (Å²) in [5.74, 6) is 0.304. The Balaban J connectivity index is 1.99. The van der Waals surface area contributed by atoms with Crippen molar-refractivity contribution in [3.05, 3.63) is 34.6 Å². The van der Waals surface area contributed by atoms with Gasteiger partial charge in [0.1, 0.15) is 0 Å². The smallest absolute Gasteiger partial charge is 0.322 e. The standard InChI is InChI=1S/C14H16ClN5O3/c1-8-4-5-10(9(15)6-8)17-12(21)16-7-11-18-13(22-2)20-14(19-11)23-3/h4-6H,7H2,1-3H3,(H2,16,17,21). The first-order valence-corrected chi connectivity index (χ1v) is 7.03. The van der Waals surface area contributed by atoms with E-state index in [1.807, 2.05) is 13.0 Å². The first kappa shape index (κ1) is 16.8. The number of amides is 2. The normalized spacial score (nSPS) is 10.1. The number of carbonyl (C=O) groups is 1. The molecule has 0 saturated heterocycles. The fraction of sp³-hybridized carbons (Fsp3) is 0.286. The fourth-order valence-corrected chi connectivity index (χ4v) is 1.97. The number of methoxy groups -OCH3 is 2. The lowest BCUT2D eigenvalue weighted by atomic mass is 10.2. The fourth-order valence-electron chi connectivity index (χ4n) is 1.69. The summed E-state index contributed by atoms with van der Waals surface area (Å²) in [6.07, 6.45) is 0. The first-order chi connectivity index (χ1) is 11.0. The zero-order chi connectivity index (χ0) is 16.8. The average Bonchev–Trinajstić information content (AvgIpc) is 2.55. The molecule has 122 valence electrons. The molecule has 0 unspecified atom stereocenters. The number of urea groups is 1. The number of aryl methyl sites for hydroxylation is 1. The van der Waals surface area contributed by atoms with E-state index in [1.165, 1.54) is 14.2 Å². The summed E-state index contributed by atoms with van der Waals surface area (Å²) in [4.78, 5) is 23.8. The molecule has 0 spiro atoms. The third-order valence-electron chi connectivity index (χ3n) is 2.79. The van der Waals surface area contributed by atoms with Gasteiger partial charge in [-0.25, -0.2) is 4.79 Å². The van der Waals surface area contributed by atoms with Crippen LogP contribution in [-0.2, 0) is 6.54 Å². The van der Waals surface area contributed by atoms with Gasteiger partial charge in [-0.1, -0.05) is 17.7 Å². The Morgan fingerprint density at radius 3 is 2.39 bits per heavy atom. The van der Waals surface area contributed by atoms with Crippen molar-refractivity contribution >= 4 is 23.3 Å². The predicted molar refractivity (Wildman–Crippen MR) is 85.0 cm³/mol. The second-order valence-electron chi connectivity index (χ2n) is 4.52. The van der Waals surface area contributed by atoms with Gasteiger partial charge in [0.15, 0.2) is 5.82 Å². The van der Waals surface area contributed by atoms with Crippen molar-refractivity contribution in [2.45, 2.75) is 13.5 Å². The summed E-state index contributed by atoms with van der Waals surface area (Å²) in [5, 5.41) is 5.73. The number of aromatic nitrogens is 3. The number of halogens is 1. The number of rotatable bonds is 5. The number of hydrogen-bond acceptors (Lipinski definition) is 6. The molecule has 0 aliphatic carbocycles. The average molecular weight is 338 g/mol. The number of nitrogens with zero attached hydrogens (tertiary/aromatic N) is 3. The maximum atomic E-state index is 11.9. The van der Waals surface area contributed by atoms with Crippen LogP contribution in [0.1, 0.15) is 11.4 Å². The summed E-state index contributed by atoms with van der Waals surface area (Å²) < 4.78 is 9.88. The molecule has 0 atom stereocenters. The molecule has 9 heteroatoms. The van der Waals surface area contributed by atoms with Crippen molar-refractivity contribution in [1.29, 1.82) is 0 Å². The van der Waals surface area contributed by atoms with E-state index in [0.717, 1.165) is 5.56 Å². The Morgan fingerprint density at radius 1 is 1.17 bits per heavy atom. The van der Waals surface area contributed by atoms with E-state index in [1.54, 1.807) is 12.1 Å². The van der Waals surface area contributed by atoms with Crippen LogP contribution in [-0.4, -0.2) is 35.2 Å². The predicted octanol–water partition coefficient (Wildman–Crippen LogP) is 2.17. The van der Waals surface area contributed by atoms with Crippen LogP contribution in [0.2, 0.25) is 5.02 Å². The Bertz CT molecular complexity index is 689. The highest BCUT2D eigenvalue weighted by atomic mass is 35.5. The third kappa shape index (κ3) is 4.68. The van der Waals surface area contributed by atoms with Crippen LogP contribution in [0.3, 0.4) is 0 Å². The van der Waals surface area contributed by atoms with Crippen LogP contribution in [0.5, 0.6) is 12.0 Å². The van der Waals surface area contributed by atoms with E-state index in [9.17, 15) is 4.79 Å². The van der Waals surface area contributed by atoms with Gasteiger partial charge in [0.05, 0.1) is 31.5 Å². The van der Waals surface area contributed by atoms with Gasteiger partial charge in [0.25, 0.3) is 0 Å². The van der Waals surface area contributed by atoms with Crippen LogP contribution in [0, 0.1) is 6.92 Å². The third-order valence-corrected chi connectivity index (χ3v) is 3.10. The van der Waals surface area contributed by atoms with Gasteiger partial charge >= 0.3 is 18.1 Å². The van der Waals surface area contributed by atoms with Gasteiger partial charge in [-0.2, -0.15) is 9.97 Å². The minimum atomic E-state index is -0.436. The summed E-state index contributed by atoms with van der Waals surface area (Å²) in [6.45, 7) is 1.99. The largest absolute Gasteiger partial charge is 0.467 e. The number of carbonyl (C=O) groups excluding carboxylic acids is 1. The van der Waals surface area contributed by atoms with Crippen molar-refractivity contribution in [2.24, 2.45) is 0 Å². The summed E-state index contributed by atoms with van der Waals surface area (Å²) in [5.41, 5.74) is 1.52. The topological polar surface area (TPSA) is 98.3 Å². The Kier molecular flexibility index (Phi) is 5.53. The van der Waals surface area contributed by atoms with Gasteiger partial charge in [-0.15, -0.1) is 4.98 Å². The molecule has 1 heterocycles. The van der Waals surface area contributed by atoms with E-state index in [0.29, 0.717) is 16.5 Å². The first-order valence-electron chi connectivity index (χ1n) is 6.65. The van der Waals surface area contributed by atoms with Gasteiger partial charge in [0, 0.05) is 0 Å². The van der Waals surface area contributed by atoms with Crippen LogP contribution in [0.4, 0.5) is 10.5 Å². The highest BCUT2D eigenvalue weighted by Gasteiger charge is 2.10. The molecule has 0 radical (unpaired) electrons. The van der Waals surface area contributed by atoms with E-state index in [2.05, 4.69) is 25.6 Å². The Hall–Kier alpha value is -2.61. The molecule has 1 aromatic carbocycles. The van der Waals surface area contributed by atoms with E-state index >= 15 is 0 Å². The maximum absolute atomic E-state index is 11.9. The number of ether oxygens (including phenoxy) is 2. The van der Waals surface area contributed by atoms with E-state index in [4.69, 9.17) is 21.1 Å². The van der Waals surface area contributed by atoms with Crippen molar-refractivity contribution in [1.82, 2.24) is 20.3 Å². The zero-order valence-corrected chi connectivity index (χ0v) is 13.6. The lowest BCUT2D eigenvalue weighted by Crippen LogP contribution is -2.29. The molecular formula is C14H16ClN5O3. The van der Waals surface area contributed by atoms with Crippen molar-refractivity contribution in [3.8, 4) is 12.0 Å². The highest BCUT2D eigenvalue weighted by Crippen LogP contribution is 2.22. The minimum absolute atomic E-state index is 0.0740. The van der Waals surface area contributed by atoms with Crippen molar-refractivity contribution in [2.75, 3.05) is 19.5 Å². The van der Waals surface area contributed by atoms with Crippen LogP contribution in [0.15, 0.2) is 18.2 Å². The molecule has 2 aromatic rings. The monoisotopic (exact) mass is 337 g/mol. The second kappa shape index (κ2) is 7.59. The number of nitrogens with one attached hydrogen (secondary N) is 2. The molecule has 2 amide bonds. The molecule has 1 aromatic heterocycles. The molecule has 2 rings (SSSR count). The van der Waals surface area contributed by atoms with Crippen LogP contribution < -0.4 is 20.1 Å². The zero-order valence-electron chi connectivity index (χ0n) is 12.9. The highest BCUT2D eigenvalue weighted by molar-refractivity contribution is 6.33. The van der Waals surface area contributed by atoms with E-state index in [-0.39, 0.29) is 18.6 Å². The molecule has 0 aliphatic heterocycles. The van der Waals surface area contributed by atoms with E-state index < -0.39 is 6.03 Å². The van der Waals surface area contributed by atoms with Crippen LogP contribution >= 0.6 is 11.6 Å². The molecule has 2 N–H and O–H groups in total. The SMILES string of the molecule is COc1nc(CNC(=O)Nc2ccc(C)cc2Cl)nc(OC)n1. The van der Waals surface area contributed by atoms with Gasteiger partial charge in [-0.3, -0.25) is 0 Å². The lowest BCUT2D eigenvalue weighted by molar-refractivity contribution is 0.251. The van der Waals surface area contributed by atoms with Gasteiger partial charge < -0.3 is 20.1 Å². The summed E-state index contributed by atoms with van der Waals surface area (Å²) in [6, 6.07) is 5.12. The Labute approximate surface area is 138 Å².